The molecule has 4 aromatic heterocycles. The number of piperidine rings is 1. The van der Waals surface area contributed by atoms with Gasteiger partial charge in [-0.25, -0.2) is 9.97 Å². The molecule has 3 aliphatic rings. The van der Waals surface area contributed by atoms with Crippen molar-refractivity contribution in [1.29, 1.82) is 0 Å². The smallest absolute Gasteiger partial charge is 0.254 e. The number of imidazole rings is 1. The third kappa shape index (κ3) is 5.13. The Morgan fingerprint density at radius 3 is 2.55 bits per heavy atom. The summed E-state index contributed by atoms with van der Waals surface area (Å²) < 4.78 is 21.5. The number of hydrogen-bond donors (Lipinski definition) is 1. The van der Waals surface area contributed by atoms with Gasteiger partial charge in [-0.2, -0.15) is 0 Å². The van der Waals surface area contributed by atoms with Gasteiger partial charge in [-0.1, -0.05) is 0 Å². The Hall–Kier alpha value is -5.23. The van der Waals surface area contributed by atoms with E-state index in [1.165, 1.54) is 12.8 Å². The summed E-state index contributed by atoms with van der Waals surface area (Å²) in [6.45, 7) is 3.54. The van der Waals surface area contributed by atoms with E-state index in [9.17, 15) is 4.79 Å². The number of amides is 1. The zero-order valence-corrected chi connectivity index (χ0v) is 27.8. The van der Waals surface area contributed by atoms with Crippen LogP contribution in [0, 0.1) is 18.8 Å². The highest BCUT2D eigenvalue weighted by Gasteiger charge is 2.47. The SMILES string of the molecule is COc1cc(C(=O)N2CC3CCC2[C@@H]3N)cc2nc(-c3cc4ccc(-c5ccc(OCc6nnc(C)o6)cc5)nc4n3CC3CC3)n(C)c12. The van der Waals surface area contributed by atoms with Gasteiger partial charge in [0.05, 0.1) is 24.0 Å². The normalized spacial score (nSPS) is 20.2. The summed E-state index contributed by atoms with van der Waals surface area (Å²) in [6, 6.07) is 18.1. The van der Waals surface area contributed by atoms with E-state index in [1.807, 2.05) is 48.3 Å². The Morgan fingerprint density at radius 2 is 1.86 bits per heavy atom. The maximum absolute atomic E-state index is 13.8. The van der Waals surface area contributed by atoms with Crippen LogP contribution < -0.4 is 15.2 Å². The molecule has 2 N–H and O–H groups in total. The van der Waals surface area contributed by atoms with Crippen molar-refractivity contribution < 1.29 is 18.7 Å². The maximum atomic E-state index is 13.8. The Labute approximate surface area is 282 Å². The molecule has 3 fully saturated rings. The number of carbonyl (C=O) groups excluding carboxylic acids is 1. The van der Waals surface area contributed by atoms with E-state index < -0.39 is 0 Å². The van der Waals surface area contributed by atoms with Gasteiger partial charge in [0.25, 0.3) is 11.8 Å². The first-order chi connectivity index (χ1) is 23.8. The summed E-state index contributed by atoms with van der Waals surface area (Å²) in [4.78, 5) is 26.1. The molecule has 12 nitrogen and oxygen atoms in total. The average Bonchev–Trinajstić information content (AvgIpc) is 3.34. The molecule has 1 saturated heterocycles. The van der Waals surface area contributed by atoms with Gasteiger partial charge in [0, 0.05) is 55.7 Å². The molecule has 12 heteroatoms. The van der Waals surface area contributed by atoms with Gasteiger partial charge in [-0.3, -0.25) is 4.79 Å². The molecule has 2 bridgehead atoms. The van der Waals surface area contributed by atoms with Crippen LogP contribution in [0.1, 0.15) is 47.8 Å². The second kappa shape index (κ2) is 11.4. The third-order valence-electron chi connectivity index (χ3n) is 10.5. The summed E-state index contributed by atoms with van der Waals surface area (Å²) in [5, 5.41) is 8.88. The summed E-state index contributed by atoms with van der Waals surface area (Å²) >= 11 is 0. The lowest BCUT2D eigenvalue weighted by Gasteiger charge is -2.27. The number of aryl methyl sites for hydroxylation is 2. The van der Waals surface area contributed by atoms with Gasteiger partial charge in [0.2, 0.25) is 5.89 Å². The van der Waals surface area contributed by atoms with Gasteiger partial charge < -0.3 is 33.7 Å². The van der Waals surface area contributed by atoms with Crippen molar-refractivity contribution in [2.24, 2.45) is 24.6 Å². The molecule has 0 radical (unpaired) electrons. The molecule has 5 heterocycles. The predicted octanol–water partition coefficient (Wildman–Crippen LogP) is 5.51. The van der Waals surface area contributed by atoms with Crippen LogP contribution in [0.2, 0.25) is 0 Å². The highest BCUT2D eigenvalue weighted by Crippen LogP contribution is 2.40. The number of ether oxygens (including phenoxy) is 2. The first-order valence-electron chi connectivity index (χ1n) is 17.0. The average molecular weight is 659 g/mol. The Balaban J connectivity index is 1.06. The van der Waals surface area contributed by atoms with Crippen LogP contribution in [0.3, 0.4) is 0 Å². The first kappa shape index (κ1) is 29.9. The van der Waals surface area contributed by atoms with Crippen LogP contribution in [0.25, 0.3) is 44.8 Å². The number of benzene rings is 2. The fourth-order valence-electron chi connectivity index (χ4n) is 7.75. The van der Waals surface area contributed by atoms with Crippen molar-refractivity contribution in [3.8, 4) is 34.3 Å². The highest BCUT2D eigenvalue weighted by atomic mass is 16.5. The Bertz CT molecular complexity index is 2230. The zero-order valence-electron chi connectivity index (χ0n) is 27.8. The van der Waals surface area contributed by atoms with Crippen molar-refractivity contribution >= 4 is 28.0 Å². The van der Waals surface area contributed by atoms with E-state index >= 15 is 0 Å². The van der Waals surface area contributed by atoms with E-state index in [4.69, 9.17) is 29.6 Å². The Kier molecular flexibility index (Phi) is 6.97. The molecule has 49 heavy (non-hydrogen) atoms. The van der Waals surface area contributed by atoms with Crippen LogP contribution in [-0.4, -0.2) is 65.8 Å². The lowest BCUT2D eigenvalue weighted by atomic mass is 10.1. The number of rotatable bonds is 9. The van der Waals surface area contributed by atoms with Crippen molar-refractivity contribution in [1.82, 2.24) is 34.2 Å². The lowest BCUT2D eigenvalue weighted by molar-refractivity contribution is 0.0700. The fraction of sp³-hybridized carbons (Fsp3) is 0.378. The molecule has 2 unspecified atom stereocenters. The zero-order chi connectivity index (χ0) is 33.4. The number of methoxy groups -OCH3 is 1. The second-order valence-corrected chi connectivity index (χ2v) is 13.7. The third-order valence-corrected chi connectivity index (χ3v) is 10.5. The summed E-state index contributed by atoms with van der Waals surface area (Å²) in [6.07, 6.45) is 4.46. The number of nitrogens with two attached hydrogens (primary N) is 1. The molecular weight excluding hydrogens is 620 g/mol. The second-order valence-electron chi connectivity index (χ2n) is 13.7. The van der Waals surface area contributed by atoms with Crippen molar-refractivity contribution in [2.45, 2.75) is 57.8 Å². The molecule has 9 rings (SSSR count). The van der Waals surface area contributed by atoms with Gasteiger partial charge in [0.15, 0.2) is 12.4 Å². The standard InChI is InChI=1S/C37H38N8O4/c1-20-41-42-32(49-20)19-48-26-10-6-22(7-11-26)27-12-8-23-15-30(44(35(23)39-27)17-21-4-5-21)36-40-28-14-25(16-31(47-3)34(28)43(36)2)37(46)45-18-24-9-13-29(45)33(24)38/h6-8,10-12,14-16,21,24,29,33H,4-5,9,13,17-19,38H2,1-3H3/t24?,29?,33-/m1/s1. The van der Waals surface area contributed by atoms with Crippen molar-refractivity contribution in [3.05, 3.63) is 71.9 Å². The minimum absolute atomic E-state index is 0.00357. The molecule has 6 aromatic rings. The fourth-order valence-corrected chi connectivity index (χ4v) is 7.75. The summed E-state index contributed by atoms with van der Waals surface area (Å²) in [7, 11) is 3.65. The van der Waals surface area contributed by atoms with Crippen molar-refractivity contribution in [2.75, 3.05) is 13.7 Å². The molecule has 250 valence electrons. The largest absolute Gasteiger partial charge is 0.494 e. The van der Waals surface area contributed by atoms with E-state index in [1.54, 1.807) is 14.0 Å². The van der Waals surface area contributed by atoms with E-state index in [0.717, 1.165) is 64.2 Å². The maximum Gasteiger partial charge on any atom is 0.254 e. The van der Waals surface area contributed by atoms with E-state index in [2.05, 4.69) is 37.5 Å². The minimum Gasteiger partial charge on any atom is -0.494 e. The van der Waals surface area contributed by atoms with E-state index in [-0.39, 0.29) is 24.6 Å². The molecule has 2 saturated carbocycles. The monoisotopic (exact) mass is 658 g/mol. The molecule has 3 atom stereocenters. The van der Waals surface area contributed by atoms with E-state index in [0.29, 0.717) is 47.2 Å². The highest BCUT2D eigenvalue weighted by molar-refractivity contribution is 6.00. The number of pyridine rings is 1. The van der Waals surface area contributed by atoms with Crippen LogP contribution in [0.4, 0.5) is 0 Å². The molecule has 2 aromatic carbocycles. The van der Waals surface area contributed by atoms with Crippen LogP contribution in [0.15, 0.2) is 59.0 Å². The van der Waals surface area contributed by atoms with Gasteiger partial charge >= 0.3 is 0 Å². The number of fused-ring (bicyclic) bond motifs is 4. The van der Waals surface area contributed by atoms with Gasteiger partial charge in [0.1, 0.15) is 22.7 Å². The number of nitrogens with zero attached hydrogens (tertiary/aromatic N) is 7. The van der Waals surface area contributed by atoms with Gasteiger partial charge in [-0.15, -0.1) is 10.2 Å². The minimum atomic E-state index is -0.00357. The molecular formula is C37H38N8O4. The number of hydrogen-bond acceptors (Lipinski definition) is 9. The topological polar surface area (TPSA) is 139 Å². The number of carbonyl (C=O) groups is 1. The van der Waals surface area contributed by atoms with Crippen molar-refractivity contribution in [3.63, 3.8) is 0 Å². The van der Waals surface area contributed by atoms with Crippen LogP contribution in [-0.2, 0) is 20.2 Å². The van der Waals surface area contributed by atoms with Gasteiger partial charge in [-0.05, 0) is 92.1 Å². The summed E-state index contributed by atoms with van der Waals surface area (Å²) in [5.74, 6) is 4.07. The van der Waals surface area contributed by atoms with Crippen LogP contribution in [0.5, 0.6) is 11.5 Å². The predicted molar refractivity (Wildman–Crippen MR) is 183 cm³/mol. The molecule has 1 aliphatic heterocycles. The molecule has 0 spiro atoms. The lowest BCUT2D eigenvalue weighted by Crippen LogP contribution is -2.41. The molecule has 1 amide bonds. The molecule has 2 aliphatic carbocycles. The van der Waals surface area contributed by atoms with Crippen LogP contribution >= 0.6 is 0 Å². The first-order valence-corrected chi connectivity index (χ1v) is 17.0. The number of likely N-dealkylation sites (tertiary alicyclic amines) is 1. The summed E-state index contributed by atoms with van der Waals surface area (Å²) in [5.41, 5.74) is 12.4. The number of aromatic nitrogens is 6. The quantitative estimate of drug-likeness (QED) is 0.213. The Morgan fingerprint density at radius 1 is 1.02 bits per heavy atom.